The molecule has 2 aliphatic heterocycles. The van der Waals surface area contributed by atoms with E-state index in [1.54, 1.807) is 0 Å². The van der Waals surface area contributed by atoms with Crippen LogP contribution in [0.2, 0.25) is 0 Å². The van der Waals surface area contributed by atoms with Crippen LogP contribution in [0.4, 0.5) is 0 Å². The molecule has 1 aromatic rings. The van der Waals surface area contributed by atoms with E-state index >= 15 is 0 Å². The summed E-state index contributed by atoms with van der Waals surface area (Å²) >= 11 is 0. The van der Waals surface area contributed by atoms with Crippen LogP contribution in [0, 0.1) is 11.8 Å². The summed E-state index contributed by atoms with van der Waals surface area (Å²) in [6.07, 6.45) is 3.85. The highest BCUT2D eigenvalue weighted by Gasteiger charge is 2.30. The van der Waals surface area contributed by atoms with Gasteiger partial charge in [0, 0.05) is 38.4 Å². The lowest BCUT2D eigenvalue weighted by atomic mass is 9.93. The third kappa shape index (κ3) is 3.84. The average Bonchev–Trinajstić information content (AvgIpc) is 3.05. The molecule has 0 unspecified atom stereocenters. The van der Waals surface area contributed by atoms with Crippen LogP contribution in [0.5, 0.6) is 0 Å². The fourth-order valence-corrected chi connectivity index (χ4v) is 3.49. The second-order valence-corrected chi connectivity index (χ2v) is 6.63. The van der Waals surface area contributed by atoms with E-state index in [1.807, 2.05) is 18.3 Å². The second-order valence-electron chi connectivity index (χ2n) is 6.63. The predicted octanol–water partition coefficient (Wildman–Crippen LogP) is 1.02. The van der Waals surface area contributed by atoms with E-state index in [2.05, 4.69) is 33.5 Å². The number of likely N-dealkylation sites (tertiary alicyclic amines) is 1. The van der Waals surface area contributed by atoms with Crippen LogP contribution in [-0.2, 0) is 11.3 Å². The highest BCUT2D eigenvalue weighted by atomic mass is 16.2. The molecule has 2 saturated heterocycles. The molecule has 22 heavy (non-hydrogen) atoms. The van der Waals surface area contributed by atoms with Gasteiger partial charge in [0.05, 0.1) is 11.6 Å². The zero-order chi connectivity index (χ0) is 15.4. The Morgan fingerprint density at radius 1 is 1.45 bits per heavy atom. The number of carbonyl (C=O) groups excluding carboxylic acids is 1. The number of amides is 1. The van der Waals surface area contributed by atoms with Crippen LogP contribution in [0.25, 0.3) is 0 Å². The van der Waals surface area contributed by atoms with Crippen molar-refractivity contribution >= 4 is 5.91 Å². The molecule has 5 nitrogen and oxygen atoms in total. The third-order valence-electron chi connectivity index (χ3n) is 4.86. The Hall–Kier alpha value is -1.46. The van der Waals surface area contributed by atoms with Crippen LogP contribution in [0.3, 0.4) is 0 Å². The molecule has 0 spiro atoms. The van der Waals surface area contributed by atoms with Crippen molar-refractivity contribution in [2.24, 2.45) is 11.8 Å². The van der Waals surface area contributed by atoms with Gasteiger partial charge in [0.15, 0.2) is 0 Å². The first-order valence-electron chi connectivity index (χ1n) is 8.35. The van der Waals surface area contributed by atoms with E-state index in [0.717, 1.165) is 51.3 Å². The smallest absolute Gasteiger partial charge is 0.224 e. The number of hydrogen-bond acceptors (Lipinski definition) is 4. The lowest BCUT2D eigenvalue weighted by molar-refractivity contribution is -0.125. The van der Waals surface area contributed by atoms with Crippen molar-refractivity contribution in [3.05, 3.63) is 30.1 Å². The van der Waals surface area contributed by atoms with Crippen molar-refractivity contribution < 1.29 is 4.79 Å². The number of aromatic nitrogens is 1. The lowest BCUT2D eigenvalue weighted by Crippen LogP contribution is -2.51. The summed E-state index contributed by atoms with van der Waals surface area (Å²) in [4.78, 5) is 19.1. The highest BCUT2D eigenvalue weighted by Crippen LogP contribution is 2.19. The predicted molar refractivity (Wildman–Crippen MR) is 86.2 cm³/mol. The van der Waals surface area contributed by atoms with Crippen molar-refractivity contribution in [2.75, 3.05) is 26.2 Å². The Labute approximate surface area is 132 Å². The molecule has 2 fully saturated rings. The van der Waals surface area contributed by atoms with Crippen molar-refractivity contribution in [3.8, 4) is 0 Å². The molecule has 3 heterocycles. The number of hydrogen-bond donors (Lipinski definition) is 2. The van der Waals surface area contributed by atoms with Gasteiger partial charge in [-0.3, -0.25) is 14.7 Å². The summed E-state index contributed by atoms with van der Waals surface area (Å²) in [7, 11) is 0. The Bertz CT molecular complexity index is 487. The monoisotopic (exact) mass is 302 g/mol. The van der Waals surface area contributed by atoms with Gasteiger partial charge in [-0.25, -0.2) is 0 Å². The molecular formula is C17H26N4O. The summed E-state index contributed by atoms with van der Waals surface area (Å²) in [5, 5.41) is 6.53. The Morgan fingerprint density at radius 2 is 2.36 bits per heavy atom. The van der Waals surface area contributed by atoms with Gasteiger partial charge in [-0.1, -0.05) is 13.0 Å². The van der Waals surface area contributed by atoms with Gasteiger partial charge < -0.3 is 10.6 Å². The molecule has 120 valence electrons. The number of nitrogens with one attached hydrogen (secondary N) is 2. The number of pyridine rings is 1. The van der Waals surface area contributed by atoms with E-state index in [0.29, 0.717) is 12.0 Å². The number of nitrogens with zero attached hydrogens (tertiary/aromatic N) is 2. The lowest BCUT2D eigenvalue weighted by Gasteiger charge is -2.37. The maximum absolute atomic E-state index is 12.3. The number of carbonyl (C=O) groups is 1. The van der Waals surface area contributed by atoms with Gasteiger partial charge in [-0.2, -0.15) is 0 Å². The molecule has 2 aliphatic rings. The first-order chi connectivity index (χ1) is 10.7. The molecule has 3 atom stereocenters. The molecule has 0 saturated carbocycles. The van der Waals surface area contributed by atoms with Gasteiger partial charge in [0.2, 0.25) is 5.91 Å². The molecule has 0 radical (unpaired) electrons. The summed E-state index contributed by atoms with van der Waals surface area (Å²) in [5.41, 5.74) is 1.12. The Morgan fingerprint density at radius 3 is 3.05 bits per heavy atom. The Kier molecular flexibility index (Phi) is 5.05. The quantitative estimate of drug-likeness (QED) is 0.872. The Balaban J connectivity index is 1.48. The first-order valence-corrected chi connectivity index (χ1v) is 8.35. The average molecular weight is 302 g/mol. The zero-order valence-electron chi connectivity index (χ0n) is 13.3. The summed E-state index contributed by atoms with van der Waals surface area (Å²) in [5.74, 6) is 0.884. The van der Waals surface area contributed by atoms with Gasteiger partial charge in [0.25, 0.3) is 0 Å². The van der Waals surface area contributed by atoms with Crippen LogP contribution in [0.15, 0.2) is 24.4 Å². The molecule has 0 aliphatic carbocycles. The topological polar surface area (TPSA) is 57.3 Å². The van der Waals surface area contributed by atoms with E-state index in [9.17, 15) is 4.79 Å². The van der Waals surface area contributed by atoms with E-state index in [1.165, 1.54) is 0 Å². The number of rotatable bonds is 4. The molecule has 1 aromatic heterocycles. The summed E-state index contributed by atoms with van der Waals surface area (Å²) < 4.78 is 0. The van der Waals surface area contributed by atoms with Crippen molar-refractivity contribution in [2.45, 2.75) is 32.4 Å². The largest absolute Gasteiger partial charge is 0.353 e. The fourth-order valence-electron chi connectivity index (χ4n) is 3.49. The molecule has 3 rings (SSSR count). The molecule has 2 N–H and O–H groups in total. The SMILES string of the molecule is C[C@@H]1CN(Cc2ccccn2)CC[C@H]1NC(=O)[C@@H]1CCNC1. The van der Waals surface area contributed by atoms with E-state index in [-0.39, 0.29) is 11.8 Å². The van der Waals surface area contributed by atoms with Crippen LogP contribution in [-0.4, -0.2) is 48.0 Å². The van der Waals surface area contributed by atoms with Gasteiger partial charge in [-0.05, 0) is 37.4 Å². The minimum atomic E-state index is 0.166. The molecule has 1 amide bonds. The minimum absolute atomic E-state index is 0.166. The molecule has 5 heteroatoms. The number of piperidine rings is 1. The fraction of sp³-hybridized carbons (Fsp3) is 0.647. The van der Waals surface area contributed by atoms with Crippen molar-refractivity contribution in [1.29, 1.82) is 0 Å². The van der Waals surface area contributed by atoms with Gasteiger partial charge in [0.1, 0.15) is 0 Å². The standard InChI is InChI=1S/C17H26N4O/c1-13-11-21(12-15-4-2-3-7-19-15)9-6-16(13)20-17(22)14-5-8-18-10-14/h2-4,7,13-14,16,18H,5-6,8-12H2,1H3,(H,20,22)/t13-,14-,16-/m1/s1. The zero-order valence-corrected chi connectivity index (χ0v) is 13.3. The third-order valence-corrected chi connectivity index (χ3v) is 4.86. The molecule has 0 bridgehead atoms. The minimum Gasteiger partial charge on any atom is -0.353 e. The maximum Gasteiger partial charge on any atom is 0.224 e. The van der Waals surface area contributed by atoms with Crippen LogP contribution < -0.4 is 10.6 Å². The normalized spacial score (nSPS) is 29.4. The van der Waals surface area contributed by atoms with Gasteiger partial charge >= 0.3 is 0 Å². The summed E-state index contributed by atoms with van der Waals surface area (Å²) in [6, 6.07) is 6.37. The highest BCUT2D eigenvalue weighted by molar-refractivity contribution is 5.79. The molecular weight excluding hydrogens is 276 g/mol. The van der Waals surface area contributed by atoms with Crippen LogP contribution in [0.1, 0.15) is 25.5 Å². The van der Waals surface area contributed by atoms with Crippen molar-refractivity contribution in [3.63, 3.8) is 0 Å². The molecule has 0 aromatic carbocycles. The summed E-state index contributed by atoms with van der Waals surface area (Å²) in [6.45, 7) is 6.98. The van der Waals surface area contributed by atoms with Crippen LogP contribution >= 0.6 is 0 Å². The van der Waals surface area contributed by atoms with E-state index in [4.69, 9.17) is 0 Å². The maximum atomic E-state index is 12.3. The van der Waals surface area contributed by atoms with Crippen molar-refractivity contribution in [1.82, 2.24) is 20.5 Å². The first kappa shape index (κ1) is 15.4. The van der Waals surface area contributed by atoms with Gasteiger partial charge in [-0.15, -0.1) is 0 Å². The van der Waals surface area contributed by atoms with E-state index < -0.39 is 0 Å². The second kappa shape index (κ2) is 7.20.